The van der Waals surface area contributed by atoms with E-state index in [0.717, 1.165) is 37.8 Å². The fourth-order valence-electron chi connectivity index (χ4n) is 6.21. The van der Waals surface area contributed by atoms with E-state index in [-0.39, 0.29) is 23.2 Å². The molecule has 1 amide bonds. The molecule has 0 saturated carbocycles. The molecule has 3 rings (SSSR count). The summed E-state index contributed by atoms with van der Waals surface area (Å²) >= 11 is 0. The summed E-state index contributed by atoms with van der Waals surface area (Å²) in [5, 5.41) is 3.13. The molecule has 252 valence electrons. The Morgan fingerprint density at radius 3 is 2.04 bits per heavy atom. The van der Waals surface area contributed by atoms with Crippen LogP contribution in [0.3, 0.4) is 0 Å². The molecule has 0 saturated heterocycles. The van der Waals surface area contributed by atoms with Gasteiger partial charge in [-0.3, -0.25) is 4.79 Å². The predicted molar refractivity (Wildman–Crippen MR) is 189 cm³/mol. The molecule has 0 radical (unpaired) electrons. The van der Waals surface area contributed by atoms with Crippen LogP contribution in [0, 0.1) is 16.7 Å². The molecule has 8 heteroatoms. The van der Waals surface area contributed by atoms with Crippen LogP contribution in [0.25, 0.3) is 0 Å². The Kier molecular flexibility index (Phi) is 13.0. The first-order valence-corrected chi connectivity index (χ1v) is 19.3. The highest BCUT2D eigenvalue weighted by molar-refractivity contribution is 6.73. The zero-order valence-electron chi connectivity index (χ0n) is 29.6. The minimum absolute atomic E-state index is 0.0269. The summed E-state index contributed by atoms with van der Waals surface area (Å²) in [6.45, 7) is 18.5. The third kappa shape index (κ3) is 11.8. The van der Waals surface area contributed by atoms with Crippen LogP contribution in [0.1, 0.15) is 103 Å². The third-order valence-corrected chi connectivity index (χ3v) is 13.0. The van der Waals surface area contributed by atoms with Crippen molar-refractivity contribution in [1.29, 1.82) is 0 Å². The lowest BCUT2D eigenvalue weighted by Crippen LogP contribution is -2.57. The number of imidazole rings is 1. The first-order valence-electron chi connectivity index (χ1n) is 16.8. The Morgan fingerprint density at radius 2 is 1.50 bits per heavy atom. The molecule has 0 aliphatic rings. The number of nitrogens with one attached hydrogen (secondary N) is 2. The van der Waals surface area contributed by atoms with Gasteiger partial charge in [0.15, 0.2) is 5.82 Å². The first kappa shape index (κ1) is 37.2. The highest BCUT2D eigenvalue weighted by atomic mass is 28.4. The molecule has 3 atom stereocenters. The average molecular weight is 648 g/mol. The molecular weight excluding hydrogens is 591 g/mol. The van der Waals surface area contributed by atoms with Crippen LogP contribution in [0.15, 0.2) is 73.1 Å². The van der Waals surface area contributed by atoms with Crippen LogP contribution in [0.4, 0.5) is 4.79 Å². The summed E-state index contributed by atoms with van der Waals surface area (Å²) in [5.41, 5.74) is 1.10. The Hall–Kier alpha value is -3.23. The van der Waals surface area contributed by atoms with Gasteiger partial charge in [0, 0.05) is 30.1 Å². The molecule has 0 aliphatic carbocycles. The monoisotopic (exact) mass is 647 g/mol. The minimum atomic E-state index is -2.79. The molecule has 3 unspecified atom stereocenters. The van der Waals surface area contributed by atoms with Gasteiger partial charge < -0.3 is 19.5 Å². The number of Topliss-reactive ketones (excluding diaryl/α,β-unsaturated/α-hetero) is 1. The number of aryl methyl sites for hydroxylation is 1. The highest BCUT2D eigenvalue weighted by Gasteiger charge is 2.46. The van der Waals surface area contributed by atoms with Crippen LogP contribution < -0.4 is 5.32 Å². The van der Waals surface area contributed by atoms with E-state index in [2.05, 4.69) is 91.5 Å². The summed E-state index contributed by atoms with van der Waals surface area (Å²) in [4.78, 5) is 34.2. The number of carbonyl (C=O) groups excluding carboxylic acids is 2. The van der Waals surface area contributed by atoms with E-state index >= 15 is 0 Å². The van der Waals surface area contributed by atoms with Gasteiger partial charge >= 0.3 is 6.09 Å². The number of amides is 1. The van der Waals surface area contributed by atoms with E-state index < -0.39 is 25.4 Å². The second-order valence-electron chi connectivity index (χ2n) is 15.6. The first-order chi connectivity index (χ1) is 21.5. The molecule has 3 aromatic rings. The second kappa shape index (κ2) is 16.0. The van der Waals surface area contributed by atoms with Gasteiger partial charge in [0.05, 0.1) is 0 Å². The third-order valence-electron chi connectivity index (χ3n) is 8.62. The van der Waals surface area contributed by atoms with Crippen molar-refractivity contribution in [3.63, 3.8) is 0 Å². The minimum Gasteiger partial charge on any atom is -0.444 e. The number of nitrogens with zero attached hydrogens (tertiary/aromatic N) is 1. The van der Waals surface area contributed by atoms with Gasteiger partial charge in [0.1, 0.15) is 5.60 Å². The van der Waals surface area contributed by atoms with Crippen molar-refractivity contribution in [2.45, 2.75) is 112 Å². The number of carbonyl (C=O) groups is 2. The molecule has 0 spiro atoms. The summed E-state index contributed by atoms with van der Waals surface area (Å²) in [7, 11) is -2.79. The Bertz CT molecular complexity index is 1350. The van der Waals surface area contributed by atoms with Gasteiger partial charge in [-0.2, -0.15) is 0 Å². The van der Waals surface area contributed by atoms with Gasteiger partial charge in [-0.05, 0) is 74.6 Å². The van der Waals surface area contributed by atoms with Crippen molar-refractivity contribution in [3.8, 4) is 0 Å². The molecule has 0 fully saturated rings. The summed E-state index contributed by atoms with van der Waals surface area (Å²) in [6, 6.07) is 22.5. The van der Waals surface area contributed by atoms with E-state index in [1.807, 2.05) is 46.8 Å². The van der Waals surface area contributed by atoms with Crippen molar-refractivity contribution < 1.29 is 18.8 Å². The van der Waals surface area contributed by atoms with Crippen LogP contribution in [-0.4, -0.2) is 48.0 Å². The van der Waals surface area contributed by atoms with Crippen LogP contribution >= 0.6 is 0 Å². The maximum atomic E-state index is 13.8. The van der Waals surface area contributed by atoms with Gasteiger partial charge in [0.2, 0.25) is 14.1 Å². The fraction of sp³-hybridized carbons (Fsp3) is 0.553. The zero-order valence-corrected chi connectivity index (χ0v) is 30.6. The standard InChI is InChI=1S/C38H57N3O4Si/c1-29(38(8,9)33(42)34-39-24-25-40-34)32(23-17-16-20-30-18-12-10-13-19-30)45-46(27-36(2,3)4,26-31-21-14-11-15-22-31)28-41-35(43)44-37(5,6)7/h10-15,18-19,21-22,24-25,29,32H,16-17,20,23,26-28H2,1-9H3,(H,39,40)(H,41,43). The number of aromatic amines is 1. The number of hydrogen-bond acceptors (Lipinski definition) is 5. The van der Waals surface area contributed by atoms with Crippen LogP contribution in [-0.2, 0) is 21.6 Å². The SMILES string of the molecule is CC(C(CCCCc1ccccc1)O[Si](CNC(=O)OC(C)(C)C)(Cc1ccccc1)CC(C)(C)C)C(C)(C)C(=O)c1ncc[nH]1. The van der Waals surface area contributed by atoms with E-state index in [1.54, 1.807) is 12.4 Å². The molecule has 2 N–H and O–H groups in total. The summed E-state index contributed by atoms with van der Waals surface area (Å²) in [6.07, 6.45) is 6.86. The molecule has 46 heavy (non-hydrogen) atoms. The lowest BCUT2D eigenvalue weighted by atomic mass is 9.72. The van der Waals surface area contributed by atoms with Crippen LogP contribution in [0.5, 0.6) is 0 Å². The number of unbranched alkanes of at least 4 members (excludes halogenated alkanes) is 1. The predicted octanol–water partition coefficient (Wildman–Crippen LogP) is 8.89. The van der Waals surface area contributed by atoms with E-state index in [4.69, 9.17) is 9.16 Å². The quantitative estimate of drug-likeness (QED) is 0.0920. The highest BCUT2D eigenvalue weighted by Crippen LogP contribution is 2.39. The maximum absolute atomic E-state index is 13.8. The summed E-state index contributed by atoms with van der Waals surface area (Å²) < 4.78 is 13.2. The number of rotatable bonds is 16. The molecule has 0 aliphatic heterocycles. The smallest absolute Gasteiger partial charge is 0.407 e. The van der Waals surface area contributed by atoms with Crippen LogP contribution in [0.2, 0.25) is 6.04 Å². The zero-order chi connectivity index (χ0) is 34.0. The largest absolute Gasteiger partial charge is 0.444 e. The van der Waals surface area contributed by atoms with Gasteiger partial charge in [-0.25, -0.2) is 9.78 Å². The molecule has 1 heterocycles. The number of benzene rings is 2. The summed E-state index contributed by atoms with van der Waals surface area (Å²) in [5.74, 6) is 0.223. The lowest BCUT2D eigenvalue weighted by Gasteiger charge is -2.44. The Labute approximate surface area is 278 Å². The van der Waals surface area contributed by atoms with Crippen molar-refractivity contribution in [2.24, 2.45) is 16.7 Å². The molecule has 1 aromatic heterocycles. The van der Waals surface area contributed by atoms with Gasteiger partial charge in [-0.15, -0.1) is 0 Å². The topological polar surface area (TPSA) is 93.3 Å². The Morgan fingerprint density at radius 1 is 0.891 bits per heavy atom. The van der Waals surface area contributed by atoms with Crippen molar-refractivity contribution in [1.82, 2.24) is 15.3 Å². The Balaban J connectivity index is 1.99. The normalized spacial score (nSPS) is 15.1. The van der Waals surface area contributed by atoms with E-state index in [1.165, 1.54) is 11.1 Å². The van der Waals surface area contributed by atoms with Crippen molar-refractivity contribution >= 4 is 20.2 Å². The second-order valence-corrected chi connectivity index (χ2v) is 19.3. The van der Waals surface area contributed by atoms with E-state index in [9.17, 15) is 9.59 Å². The number of H-pyrrole nitrogens is 1. The van der Waals surface area contributed by atoms with Gasteiger partial charge in [-0.1, -0.05) is 109 Å². The number of aromatic nitrogens is 2. The van der Waals surface area contributed by atoms with Crippen molar-refractivity contribution in [2.75, 3.05) is 6.17 Å². The average Bonchev–Trinajstić information content (AvgIpc) is 3.51. The maximum Gasteiger partial charge on any atom is 0.407 e. The van der Waals surface area contributed by atoms with E-state index in [0.29, 0.717) is 12.0 Å². The number of alkyl carbamates (subject to hydrolysis) is 1. The number of ketones is 1. The molecule has 7 nitrogen and oxygen atoms in total. The molecule has 0 bridgehead atoms. The van der Waals surface area contributed by atoms with Crippen molar-refractivity contribution in [3.05, 3.63) is 90.0 Å². The molecular formula is C38H57N3O4Si. The number of hydrogen-bond donors (Lipinski definition) is 2. The van der Waals surface area contributed by atoms with Gasteiger partial charge in [0.25, 0.3) is 0 Å². The number of ether oxygens (including phenoxy) is 1. The fourth-order valence-corrected chi connectivity index (χ4v) is 11.2. The molecule has 2 aromatic carbocycles. The lowest BCUT2D eigenvalue weighted by molar-refractivity contribution is 0.0360.